The first-order chi connectivity index (χ1) is 12.6. The number of hydrogen-bond acceptors (Lipinski definition) is 5. The number of hydrogen-bond donors (Lipinski definition) is 1. The molecule has 1 aromatic carbocycles. The predicted molar refractivity (Wildman–Crippen MR) is 106 cm³/mol. The number of oxime groups is 1. The van der Waals surface area contributed by atoms with Crippen LogP contribution in [0, 0.1) is 0 Å². The molecular weight excluding hydrogens is 377 g/mol. The minimum atomic E-state index is 0.198. The molecule has 146 valence electrons. The number of benzene rings is 1. The van der Waals surface area contributed by atoms with Crippen LogP contribution < -0.4 is 9.47 Å². The van der Waals surface area contributed by atoms with Gasteiger partial charge < -0.3 is 19.4 Å². The number of rotatable bonds is 13. The third-order valence-corrected chi connectivity index (χ3v) is 3.98. The molecule has 0 amide bonds. The second kappa shape index (κ2) is 13.7. The molecule has 5 nitrogen and oxygen atoms in total. The van der Waals surface area contributed by atoms with E-state index in [1.165, 1.54) is 6.21 Å². The van der Waals surface area contributed by atoms with Crippen LogP contribution in [0.3, 0.4) is 0 Å². The van der Waals surface area contributed by atoms with Gasteiger partial charge in [-0.2, -0.15) is 0 Å². The van der Waals surface area contributed by atoms with Gasteiger partial charge in [0.15, 0.2) is 0 Å². The van der Waals surface area contributed by atoms with Gasteiger partial charge in [-0.05, 0) is 55.0 Å². The van der Waals surface area contributed by atoms with Crippen molar-refractivity contribution in [2.24, 2.45) is 5.16 Å². The van der Waals surface area contributed by atoms with Crippen LogP contribution in [-0.2, 0) is 17.6 Å². The third kappa shape index (κ3) is 8.79. The molecule has 7 heteroatoms. The van der Waals surface area contributed by atoms with E-state index in [0.717, 1.165) is 48.3 Å². The molecule has 0 saturated carbocycles. The van der Waals surface area contributed by atoms with E-state index in [9.17, 15) is 0 Å². The molecule has 0 aliphatic heterocycles. The molecule has 0 aromatic heterocycles. The number of ether oxygens (including phenoxy) is 3. The van der Waals surface area contributed by atoms with E-state index >= 15 is 0 Å². The summed E-state index contributed by atoms with van der Waals surface area (Å²) >= 11 is 11.2. The van der Waals surface area contributed by atoms with Gasteiger partial charge in [0.25, 0.3) is 0 Å². The Balaban J connectivity index is 2.59. The maximum atomic E-state index is 8.27. The number of halogens is 2. The minimum absolute atomic E-state index is 0.198. The van der Waals surface area contributed by atoms with Crippen LogP contribution in [0.5, 0.6) is 11.5 Å². The molecule has 1 aromatic rings. The summed E-state index contributed by atoms with van der Waals surface area (Å²) in [5.74, 6) is 1.73. The van der Waals surface area contributed by atoms with Gasteiger partial charge in [-0.1, -0.05) is 42.2 Å². The van der Waals surface area contributed by atoms with E-state index < -0.39 is 0 Å². The van der Waals surface area contributed by atoms with Crippen LogP contribution in [0.1, 0.15) is 37.8 Å². The summed E-state index contributed by atoms with van der Waals surface area (Å²) in [6.45, 7) is 6.08. The molecule has 1 N–H and O–H groups in total. The summed E-state index contributed by atoms with van der Waals surface area (Å²) in [7, 11) is 0. The number of aryl methyl sites for hydroxylation is 2. The first kappa shape index (κ1) is 22.6. The molecule has 0 unspecified atom stereocenters. The van der Waals surface area contributed by atoms with Crippen molar-refractivity contribution < 1.29 is 19.4 Å². The molecule has 0 saturated heterocycles. The SMILES string of the molecule is CCc1cc(OCC=C(Cl)Cl)cc(CC)c1OCCCCOC/C=N/O. The maximum absolute atomic E-state index is 8.27. The molecule has 1 rings (SSSR count). The van der Waals surface area contributed by atoms with E-state index in [2.05, 4.69) is 19.0 Å². The van der Waals surface area contributed by atoms with Crippen molar-refractivity contribution in [2.45, 2.75) is 39.5 Å². The van der Waals surface area contributed by atoms with Crippen molar-refractivity contribution in [3.8, 4) is 11.5 Å². The summed E-state index contributed by atoms with van der Waals surface area (Å²) in [5, 5.41) is 11.1. The van der Waals surface area contributed by atoms with Crippen LogP contribution in [0.15, 0.2) is 27.9 Å². The van der Waals surface area contributed by atoms with E-state index in [1.807, 2.05) is 12.1 Å². The Morgan fingerprint density at radius 3 is 2.27 bits per heavy atom. The lowest BCUT2D eigenvalue weighted by molar-refractivity contribution is 0.160. The standard InChI is InChI=1S/C19H27Cl2NO4/c1-3-15-13-17(25-11-7-18(20)21)14-16(4-2)19(15)26-10-6-5-9-24-12-8-22-23/h7-8,13-14,23H,3-6,9-12H2,1-2H3/b22-8+. The molecule has 0 heterocycles. The zero-order chi connectivity index (χ0) is 19.2. The first-order valence-corrected chi connectivity index (χ1v) is 9.54. The van der Waals surface area contributed by atoms with Crippen LogP contribution >= 0.6 is 23.2 Å². The van der Waals surface area contributed by atoms with Crippen LogP contribution in [0.2, 0.25) is 0 Å². The highest BCUT2D eigenvalue weighted by Gasteiger charge is 2.11. The molecule has 0 aliphatic carbocycles. The largest absolute Gasteiger partial charge is 0.493 e. The molecular formula is C19H27Cl2NO4. The van der Waals surface area contributed by atoms with Gasteiger partial charge in [0.05, 0.1) is 19.4 Å². The minimum Gasteiger partial charge on any atom is -0.493 e. The second-order valence-electron chi connectivity index (χ2n) is 5.51. The van der Waals surface area contributed by atoms with Crippen molar-refractivity contribution in [3.63, 3.8) is 0 Å². The Bertz CT molecular complexity index is 562. The van der Waals surface area contributed by atoms with Gasteiger partial charge in [-0.3, -0.25) is 0 Å². The molecule has 0 bridgehead atoms. The molecule has 26 heavy (non-hydrogen) atoms. The highest BCUT2D eigenvalue weighted by Crippen LogP contribution is 2.31. The maximum Gasteiger partial charge on any atom is 0.125 e. The van der Waals surface area contributed by atoms with Crippen molar-refractivity contribution in [1.29, 1.82) is 0 Å². The average Bonchev–Trinajstić information content (AvgIpc) is 2.63. The molecule has 0 spiro atoms. The summed E-state index contributed by atoms with van der Waals surface area (Å²) in [4.78, 5) is 0. The van der Waals surface area contributed by atoms with Gasteiger partial charge in [0, 0.05) is 6.61 Å². The monoisotopic (exact) mass is 403 g/mol. The highest BCUT2D eigenvalue weighted by atomic mass is 35.5. The fraction of sp³-hybridized carbons (Fsp3) is 0.526. The van der Waals surface area contributed by atoms with E-state index in [0.29, 0.717) is 26.4 Å². The van der Waals surface area contributed by atoms with Crippen molar-refractivity contribution in [1.82, 2.24) is 0 Å². The molecule has 0 radical (unpaired) electrons. The lowest BCUT2D eigenvalue weighted by atomic mass is 10.0. The Labute approximate surface area is 165 Å². The quantitative estimate of drug-likeness (QED) is 0.214. The van der Waals surface area contributed by atoms with Crippen LogP contribution in [-0.4, -0.2) is 37.8 Å². The van der Waals surface area contributed by atoms with Crippen LogP contribution in [0.4, 0.5) is 0 Å². The Hall–Kier alpha value is -1.43. The van der Waals surface area contributed by atoms with Gasteiger partial charge in [-0.15, -0.1) is 0 Å². The van der Waals surface area contributed by atoms with Gasteiger partial charge in [-0.25, -0.2) is 0 Å². The van der Waals surface area contributed by atoms with Gasteiger partial charge >= 0.3 is 0 Å². The zero-order valence-electron chi connectivity index (χ0n) is 15.3. The smallest absolute Gasteiger partial charge is 0.125 e. The van der Waals surface area contributed by atoms with E-state index in [-0.39, 0.29) is 4.49 Å². The lowest BCUT2D eigenvalue weighted by Crippen LogP contribution is -2.06. The van der Waals surface area contributed by atoms with Crippen molar-refractivity contribution in [3.05, 3.63) is 33.8 Å². The fourth-order valence-corrected chi connectivity index (χ4v) is 2.49. The third-order valence-electron chi connectivity index (χ3n) is 3.67. The van der Waals surface area contributed by atoms with E-state index in [4.69, 9.17) is 42.6 Å². The molecule has 0 atom stereocenters. The van der Waals surface area contributed by atoms with E-state index in [1.54, 1.807) is 6.08 Å². The molecule has 0 fully saturated rings. The second-order valence-corrected chi connectivity index (χ2v) is 6.52. The van der Waals surface area contributed by atoms with Gasteiger partial charge in [0.1, 0.15) is 22.6 Å². The highest BCUT2D eigenvalue weighted by molar-refractivity contribution is 6.55. The van der Waals surface area contributed by atoms with Crippen molar-refractivity contribution in [2.75, 3.05) is 26.4 Å². The van der Waals surface area contributed by atoms with Gasteiger partial charge in [0.2, 0.25) is 0 Å². The average molecular weight is 404 g/mol. The van der Waals surface area contributed by atoms with Crippen LogP contribution in [0.25, 0.3) is 0 Å². The molecule has 0 aliphatic rings. The summed E-state index contributed by atoms with van der Waals surface area (Å²) < 4.78 is 17.2. The Morgan fingerprint density at radius 1 is 1.04 bits per heavy atom. The lowest BCUT2D eigenvalue weighted by Gasteiger charge is -2.17. The normalized spacial score (nSPS) is 10.9. The topological polar surface area (TPSA) is 60.3 Å². The summed E-state index contributed by atoms with van der Waals surface area (Å²) in [6, 6.07) is 4.00. The predicted octanol–water partition coefficient (Wildman–Crippen LogP) is 5.14. The van der Waals surface area contributed by atoms with Crippen molar-refractivity contribution >= 4 is 29.4 Å². The summed E-state index contributed by atoms with van der Waals surface area (Å²) in [6.07, 6.45) is 6.41. The Morgan fingerprint density at radius 2 is 1.69 bits per heavy atom. The number of nitrogens with zero attached hydrogens (tertiary/aromatic N) is 1. The number of unbranched alkanes of at least 4 members (excludes halogenated alkanes) is 1. The Kier molecular flexibility index (Phi) is 11.9. The fourth-order valence-electron chi connectivity index (χ4n) is 2.37. The zero-order valence-corrected chi connectivity index (χ0v) is 16.9. The first-order valence-electron chi connectivity index (χ1n) is 8.78. The summed E-state index contributed by atoms with van der Waals surface area (Å²) in [5.41, 5.74) is 2.24.